The van der Waals surface area contributed by atoms with Gasteiger partial charge in [0.05, 0.1) is 11.6 Å². The van der Waals surface area contributed by atoms with Gasteiger partial charge in [-0.3, -0.25) is 4.98 Å². The van der Waals surface area contributed by atoms with Gasteiger partial charge in [-0.2, -0.15) is 0 Å². The molecule has 0 saturated heterocycles. The lowest BCUT2D eigenvalue weighted by molar-refractivity contribution is 0.154. The van der Waals surface area contributed by atoms with E-state index in [1.54, 1.807) is 13.1 Å². The van der Waals surface area contributed by atoms with E-state index in [0.717, 1.165) is 20.9 Å². The first-order valence-electron chi connectivity index (χ1n) is 5.08. The molecule has 0 spiro atoms. The number of fused-ring (bicyclic) bond motifs is 1. The zero-order valence-corrected chi connectivity index (χ0v) is 10.5. The van der Waals surface area contributed by atoms with Crippen molar-refractivity contribution in [3.8, 4) is 0 Å². The summed E-state index contributed by atoms with van der Waals surface area (Å²) in [6, 6.07) is 7.28. The van der Waals surface area contributed by atoms with Gasteiger partial charge < -0.3 is 10.8 Å². The highest BCUT2D eigenvalue weighted by Gasteiger charge is 2.16. The van der Waals surface area contributed by atoms with Crippen LogP contribution in [0.5, 0.6) is 0 Å². The molecule has 3 nitrogen and oxygen atoms in total. The Labute approximate surface area is 102 Å². The molecule has 0 saturated carbocycles. The smallest absolute Gasteiger partial charge is 0.0959 e. The molecule has 1 aromatic heterocycles. The lowest BCUT2D eigenvalue weighted by atomic mass is 10.0. The third-order valence-electron chi connectivity index (χ3n) is 2.56. The van der Waals surface area contributed by atoms with Crippen LogP contribution in [-0.4, -0.2) is 16.1 Å². The Balaban J connectivity index is 2.67. The van der Waals surface area contributed by atoms with Crippen molar-refractivity contribution < 1.29 is 5.11 Å². The number of hydrogen-bond acceptors (Lipinski definition) is 3. The maximum atomic E-state index is 10.0. The molecule has 0 aliphatic rings. The molecule has 2 atom stereocenters. The van der Waals surface area contributed by atoms with Crippen LogP contribution in [0.25, 0.3) is 10.9 Å². The molecule has 2 aromatic rings. The first-order valence-corrected chi connectivity index (χ1v) is 5.87. The molecule has 2 unspecified atom stereocenters. The van der Waals surface area contributed by atoms with Crippen molar-refractivity contribution in [2.45, 2.75) is 19.1 Å². The minimum atomic E-state index is -0.689. The normalized spacial score (nSPS) is 15.0. The fraction of sp³-hybridized carbons (Fsp3) is 0.250. The summed E-state index contributed by atoms with van der Waals surface area (Å²) in [4.78, 5) is 4.30. The van der Waals surface area contributed by atoms with Gasteiger partial charge in [-0.25, -0.2) is 0 Å². The van der Waals surface area contributed by atoms with Crippen molar-refractivity contribution in [1.82, 2.24) is 4.98 Å². The topological polar surface area (TPSA) is 59.1 Å². The molecular weight excluding hydrogens is 268 g/mol. The van der Waals surface area contributed by atoms with Crippen LogP contribution in [0.15, 0.2) is 34.9 Å². The Morgan fingerprint density at radius 1 is 1.38 bits per heavy atom. The van der Waals surface area contributed by atoms with E-state index >= 15 is 0 Å². The van der Waals surface area contributed by atoms with Crippen LogP contribution in [-0.2, 0) is 0 Å². The summed E-state index contributed by atoms with van der Waals surface area (Å²) < 4.78 is 0.969. The van der Waals surface area contributed by atoms with Crippen molar-refractivity contribution in [3.63, 3.8) is 0 Å². The maximum absolute atomic E-state index is 10.0. The molecular formula is C12H13BrN2O. The third-order valence-corrected chi connectivity index (χ3v) is 3.26. The van der Waals surface area contributed by atoms with E-state index in [1.165, 1.54) is 0 Å². The standard InChI is InChI=1S/C12H13BrN2O/c1-7(14)12(16)9-4-5-10(13)8-3-2-6-15-11(8)9/h2-7,12,16H,14H2,1H3. The fourth-order valence-electron chi connectivity index (χ4n) is 1.68. The van der Waals surface area contributed by atoms with Gasteiger partial charge in [-0.15, -0.1) is 0 Å². The highest BCUT2D eigenvalue weighted by Crippen LogP contribution is 2.29. The summed E-state index contributed by atoms with van der Waals surface area (Å²) in [5.74, 6) is 0. The Hall–Kier alpha value is -0.970. The SMILES string of the molecule is CC(N)C(O)c1ccc(Br)c2cccnc12. The lowest BCUT2D eigenvalue weighted by Gasteiger charge is -2.16. The highest BCUT2D eigenvalue weighted by molar-refractivity contribution is 9.10. The van der Waals surface area contributed by atoms with Gasteiger partial charge in [0, 0.05) is 27.7 Å². The molecule has 0 aliphatic carbocycles. The molecule has 0 radical (unpaired) electrons. The monoisotopic (exact) mass is 280 g/mol. The fourth-order valence-corrected chi connectivity index (χ4v) is 2.13. The average Bonchev–Trinajstić information content (AvgIpc) is 2.29. The van der Waals surface area contributed by atoms with Gasteiger partial charge >= 0.3 is 0 Å². The number of nitrogens with zero attached hydrogens (tertiary/aromatic N) is 1. The van der Waals surface area contributed by atoms with Crippen LogP contribution in [0, 0.1) is 0 Å². The molecule has 0 bridgehead atoms. The highest BCUT2D eigenvalue weighted by atomic mass is 79.9. The van der Waals surface area contributed by atoms with Crippen molar-refractivity contribution in [3.05, 3.63) is 40.5 Å². The van der Waals surface area contributed by atoms with Crippen LogP contribution in [0.3, 0.4) is 0 Å². The van der Waals surface area contributed by atoms with E-state index < -0.39 is 6.10 Å². The molecule has 3 N–H and O–H groups in total. The number of aliphatic hydroxyl groups excluding tert-OH is 1. The van der Waals surface area contributed by atoms with Gasteiger partial charge in [0.15, 0.2) is 0 Å². The van der Waals surface area contributed by atoms with Crippen molar-refractivity contribution >= 4 is 26.8 Å². The summed E-state index contributed by atoms with van der Waals surface area (Å²) in [5, 5.41) is 11.0. The summed E-state index contributed by atoms with van der Waals surface area (Å²) in [6.45, 7) is 1.78. The van der Waals surface area contributed by atoms with Crippen LogP contribution >= 0.6 is 15.9 Å². The van der Waals surface area contributed by atoms with Crippen LogP contribution < -0.4 is 5.73 Å². The maximum Gasteiger partial charge on any atom is 0.0959 e. The summed E-state index contributed by atoms with van der Waals surface area (Å²) >= 11 is 3.46. The predicted octanol–water partition coefficient (Wildman–Crippen LogP) is 2.38. The lowest BCUT2D eigenvalue weighted by Crippen LogP contribution is -2.24. The number of aromatic nitrogens is 1. The van der Waals surface area contributed by atoms with Crippen molar-refractivity contribution in [2.24, 2.45) is 5.73 Å². The van der Waals surface area contributed by atoms with E-state index in [2.05, 4.69) is 20.9 Å². The average molecular weight is 281 g/mol. The zero-order chi connectivity index (χ0) is 11.7. The van der Waals surface area contributed by atoms with Gasteiger partial charge in [-0.05, 0) is 19.1 Å². The number of aliphatic hydroxyl groups is 1. The molecule has 84 valence electrons. The van der Waals surface area contributed by atoms with E-state index in [-0.39, 0.29) is 6.04 Å². The molecule has 1 aromatic carbocycles. The van der Waals surface area contributed by atoms with E-state index in [1.807, 2.05) is 24.3 Å². The van der Waals surface area contributed by atoms with Crippen molar-refractivity contribution in [2.75, 3.05) is 0 Å². The summed E-state index contributed by atoms with van der Waals surface area (Å²) in [6.07, 6.45) is 1.03. The number of pyridine rings is 1. The largest absolute Gasteiger partial charge is 0.387 e. The van der Waals surface area contributed by atoms with Crippen LogP contribution in [0.1, 0.15) is 18.6 Å². The zero-order valence-electron chi connectivity index (χ0n) is 8.89. The number of rotatable bonds is 2. The Bertz CT molecular complexity index is 513. The number of halogens is 1. The van der Waals surface area contributed by atoms with E-state index in [4.69, 9.17) is 5.73 Å². The van der Waals surface area contributed by atoms with Crippen molar-refractivity contribution in [1.29, 1.82) is 0 Å². The predicted molar refractivity (Wildman–Crippen MR) is 68.1 cm³/mol. The van der Waals surface area contributed by atoms with Crippen LogP contribution in [0.4, 0.5) is 0 Å². The number of hydrogen-bond donors (Lipinski definition) is 2. The minimum absolute atomic E-state index is 0.314. The molecule has 4 heteroatoms. The minimum Gasteiger partial charge on any atom is -0.387 e. The van der Waals surface area contributed by atoms with Gasteiger partial charge in [0.2, 0.25) is 0 Å². The second-order valence-electron chi connectivity index (χ2n) is 3.84. The van der Waals surface area contributed by atoms with Crippen LogP contribution in [0.2, 0.25) is 0 Å². The Morgan fingerprint density at radius 2 is 2.12 bits per heavy atom. The first kappa shape index (κ1) is 11.5. The first-order chi connectivity index (χ1) is 7.61. The molecule has 1 heterocycles. The molecule has 16 heavy (non-hydrogen) atoms. The van der Waals surface area contributed by atoms with Gasteiger partial charge in [0.25, 0.3) is 0 Å². The second-order valence-corrected chi connectivity index (χ2v) is 4.69. The van der Waals surface area contributed by atoms with E-state index in [0.29, 0.717) is 0 Å². The second kappa shape index (κ2) is 4.49. The quantitative estimate of drug-likeness (QED) is 0.888. The third kappa shape index (κ3) is 1.96. The molecule has 2 rings (SSSR count). The summed E-state index contributed by atoms with van der Waals surface area (Å²) in [7, 11) is 0. The molecule has 0 aliphatic heterocycles. The Kier molecular flexibility index (Phi) is 3.23. The number of nitrogens with two attached hydrogens (primary N) is 1. The molecule has 0 amide bonds. The number of benzene rings is 1. The van der Waals surface area contributed by atoms with Gasteiger partial charge in [-0.1, -0.05) is 28.1 Å². The summed E-state index contributed by atoms with van der Waals surface area (Å²) in [5.41, 5.74) is 7.27. The van der Waals surface area contributed by atoms with E-state index in [9.17, 15) is 5.11 Å². The van der Waals surface area contributed by atoms with Gasteiger partial charge in [0.1, 0.15) is 0 Å². The molecule has 0 fully saturated rings. The Morgan fingerprint density at radius 3 is 2.81 bits per heavy atom.